The molecule has 0 spiro atoms. The molecule has 1 fully saturated rings. The summed E-state index contributed by atoms with van der Waals surface area (Å²) in [6, 6.07) is 0.616. The molecule has 0 saturated heterocycles. The molecule has 1 rings (SSSR count). The third kappa shape index (κ3) is 7.48. The number of hydrogen-bond acceptors (Lipinski definition) is 3. The fourth-order valence-electron chi connectivity index (χ4n) is 3.56. The number of rotatable bonds is 5. The van der Waals surface area contributed by atoms with Gasteiger partial charge in [0.25, 0.3) is 0 Å². The Labute approximate surface area is 137 Å². The Bertz CT molecular complexity index is 361. The van der Waals surface area contributed by atoms with Gasteiger partial charge < -0.3 is 15.0 Å². The van der Waals surface area contributed by atoms with Crippen molar-refractivity contribution in [2.75, 3.05) is 20.1 Å². The van der Waals surface area contributed by atoms with Gasteiger partial charge in [0.05, 0.1) is 0 Å². The number of carbonyl (C=O) groups excluding carboxylic acids is 1. The van der Waals surface area contributed by atoms with E-state index in [1.165, 1.54) is 19.3 Å². The van der Waals surface area contributed by atoms with Gasteiger partial charge >= 0.3 is 6.09 Å². The van der Waals surface area contributed by atoms with Crippen LogP contribution in [0.15, 0.2) is 0 Å². The monoisotopic (exact) mass is 312 g/mol. The van der Waals surface area contributed by atoms with E-state index in [1.54, 1.807) is 11.9 Å². The predicted molar refractivity (Wildman–Crippen MR) is 92.1 cm³/mol. The highest BCUT2D eigenvalue weighted by Crippen LogP contribution is 2.38. The molecule has 1 N–H and O–H groups in total. The molecule has 1 amide bonds. The normalized spacial score (nSPS) is 24.9. The molecule has 1 saturated carbocycles. The van der Waals surface area contributed by atoms with Crippen molar-refractivity contribution in [3.05, 3.63) is 0 Å². The van der Waals surface area contributed by atoms with Crippen LogP contribution in [0, 0.1) is 11.3 Å². The maximum atomic E-state index is 11.9. The number of nitrogens with zero attached hydrogens (tertiary/aromatic N) is 1. The minimum atomic E-state index is -0.423. The first-order valence-electron chi connectivity index (χ1n) is 8.66. The van der Waals surface area contributed by atoms with E-state index in [9.17, 15) is 4.79 Å². The zero-order chi connectivity index (χ0) is 17.0. The van der Waals surface area contributed by atoms with E-state index in [1.807, 2.05) is 20.8 Å². The third-order valence-corrected chi connectivity index (χ3v) is 4.20. The largest absolute Gasteiger partial charge is 0.444 e. The second-order valence-electron chi connectivity index (χ2n) is 8.82. The van der Waals surface area contributed by atoms with Gasteiger partial charge in [-0.05, 0) is 64.3 Å². The molecule has 0 aromatic carbocycles. The van der Waals surface area contributed by atoms with Crippen LogP contribution in [0.25, 0.3) is 0 Å². The van der Waals surface area contributed by atoms with Crippen molar-refractivity contribution < 1.29 is 9.53 Å². The van der Waals surface area contributed by atoms with Gasteiger partial charge in [0, 0.05) is 19.6 Å². The van der Waals surface area contributed by atoms with Gasteiger partial charge in [-0.2, -0.15) is 0 Å². The first-order chi connectivity index (χ1) is 9.98. The van der Waals surface area contributed by atoms with E-state index in [0.717, 1.165) is 25.4 Å². The molecule has 4 heteroatoms. The molecule has 1 aliphatic rings. The molecule has 0 bridgehead atoms. The van der Waals surface area contributed by atoms with Gasteiger partial charge in [0.15, 0.2) is 0 Å². The van der Waals surface area contributed by atoms with Gasteiger partial charge in [0.2, 0.25) is 0 Å². The maximum Gasteiger partial charge on any atom is 0.410 e. The fraction of sp³-hybridized carbons (Fsp3) is 0.944. The molecule has 0 aromatic heterocycles. The molecular weight excluding hydrogens is 276 g/mol. The van der Waals surface area contributed by atoms with E-state index in [0.29, 0.717) is 11.5 Å². The Morgan fingerprint density at radius 2 is 1.95 bits per heavy atom. The average molecular weight is 312 g/mol. The van der Waals surface area contributed by atoms with Gasteiger partial charge in [-0.1, -0.05) is 20.8 Å². The topological polar surface area (TPSA) is 41.6 Å². The summed E-state index contributed by atoms with van der Waals surface area (Å²) in [5.74, 6) is 0.797. The van der Waals surface area contributed by atoms with Crippen LogP contribution in [0.3, 0.4) is 0 Å². The standard InChI is InChI=1S/C18H36N2O2/c1-14-11-15(13-18(5,6)12-14)19-9-8-10-20(7)16(21)22-17(2,3)4/h14-15,19H,8-13H2,1-7H3. The first kappa shape index (κ1) is 19.3. The lowest BCUT2D eigenvalue weighted by Crippen LogP contribution is -2.41. The maximum absolute atomic E-state index is 11.9. The summed E-state index contributed by atoms with van der Waals surface area (Å²) < 4.78 is 5.35. The lowest BCUT2D eigenvalue weighted by atomic mass is 9.70. The molecule has 0 aliphatic heterocycles. The summed E-state index contributed by atoms with van der Waals surface area (Å²) in [4.78, 5) is 13.5. The number of nitrogens with one attached hydrogen (secondary N) is 1. The molecule has 2 atom stereocenters. The quantitative estimate of drug-likeness (QED) is 0.779. The van der Waals surface area contributed by atoms with Crippen LogP contribution in [0.1, 0.15) is 67.2 Å². The second kappa shape index (κ2) is 7.67. The highest BCUT2D eigenvalue weighted by Gasteiger charge is 2.31. The van der Waals surface area contributed by atoms with E-state index >= 15 is 0 Å². The number of ether oxygens (including phenoxy) is 1. The van der Waals surface area contributed by atoms with Crippen LogP contribution >= 0.6 is 0 Å². The second-order valence-corrected chi connectivity index (χ2v) is 8.82. The number of hydrogen-bond donors (Lipinski definition) is 1. The van der Waals surface area contributed by atoms with Gasteiger partial charge in [-0.15, -0.1) is 0 Å². The summed E-state index contributed by atoms with van der Waals surface area (Å²) in [5, 5.41) is 3.67. The van der Waals surface area contributed by atoms with Crippen molar-refractivity contribution in [3.8, 4) is 0 Å². The van der Waals surface area contributed by atoms with Crippen molar-refractivity contribution in [2.45, 2.75) is 78.9 Å². The highest BCUT2D eigenvalue weighted by molar-refractivity contribution is 5.67. The lowest BCUT2D eigenvalue weighted by molar-refractivity contribution is 0.0296. The molecule has 22 heavy (non-hydrogen) atoms. The molecule has 130 valence electrons. The summed E-state index contributed by atoms with van der Waals surface area (Å²) in [7, 11) is 1.81. The van der Waals surface area contributed by atoms with Crippen molar-refractivity contribution in [2.24, 2.45) is 11.3 Å². The van der Waals surface area contributed by atoms with E-state index in [-0.39, 0.29) is 6.09 Å². The van der Waals surface area contributed by atoms with Crippen LogP contribution in [0.5, 0.6) is 0 Å². The number of carbonyl (C=O) groups is 1. The zero-order valence-corrected chi connectivity index (χ0v) is 15.7. The molecule has 1 aliphatic carbocycles. The first-order valence-corrected chi connectivity index (χ1v) is 8.66. The van der Waals surface area contributed by atoms with E-state index < -0.39 is 5.60 Å². The van der Waals surface area contributed by atoms with E-state index in [4.69, 9.17) is 4.74 Å². The summed E-state index contributed by atoms with van der Waals surface area (Å²) in [5.41, 5.74) is 0.0239. The molecule has 0 aromatic rings. The Kier molecular flexibility index (Phi) is 6.72. The van der Waals surface area contributed by atoms with Crippen molar-refractivity contribution in [3.63, 3.8) is 0 Å². The average Bonchev–Trinajstić information content (AvgIpc) is 2.29. The zero-order valence-electron chi connectivity index (χ0n) is 15.7. The Morgan fingerprint density at radius 1 is 1.32 bits per heavy atom. The predicted octanol–water partition coefficient (Wildman–Crippen LogP) is 4.05. The van der Waals surface area contributed by atoms with Gasteiger partial charge in [-0.25, -0.2) is 4.79 Å². The Balaban J connectivity index is 2.23. The summed E-state index contributed by atoms with van der Waals surface area (Å²) in [6.07, 6.45) is 4.57. The Morgan fingerprint density at radius 3 is 2.50 bits per heavy atom. The highest BCUT2D eigenvalue weighted by atomic mass is 16.6. The van der Waals surface area contributed by atoms with E-state index in [2.05, 4.69) is 26.1 Å². The van der Waals surface area contributed by atoms with Crippen molar-refractivity contribution in [1.82, 2.24) is 10.2 Å². The van der Waals surface area contributed by atoms with Crippen LogP contribution in [-0.2, 0) is 4.74 Å². The minimum Gasteiger partial charge on any atom is -0.444 e. The lowest BCUT2D eigenvalue weighted by Gasteiger charge is -2.39. The molecular formula is C18H36N2O2. The fourth-order valence-corrected chi connectivity index (χ4v) is 3.56. The van der Waals surface area contributed by atoms with Crippen LogP contribution in [0.4, 0.5) is 4.79 Å². The van der Waals surface area contributed by atoms with Gasteiger partial charge in [0.1, 0.15) is 5.60 Å². The summed E-state index contributed by atoms with van der Waals surface area (Å²) in [6.45, 7) is 14.5. The van der Waals surface area contributed by atoms with Gasteiger partial charge in [-0.3, -0.25) is 0 Å². The van der Waals surface area contributed by atoms with Crippen LogP contribution < -0.4 is 5.32 Å². The molecule has 0 radical (unpaired) electrons. The number of amides is 1. The molecule has 4 nitrogen and oxygen atoms in total. The van der Waals surface area contributed by atoms with Crippen LogP contribution in [0.2, 0.25) is 0 Å². The van der Waals surface area contributed by atoms with Crippen molar-refractivity contribution in [1.29, 1.82) is 0 Å². The molecule has 0 heterocycles. The van der Waals surface area contributed by atoms with Crippen molar-refractivity contribution >= 4 is 6.09 Å². The van der Waals surface area contributed by atoms with Crippen LogP contribution in [-0.4, -0.2) is 42.8 Å². The Hall–Kier alpha value is -0.770. The minimum absolute atomic E-state index is 0.236. The molecule has 2 unspecified atom stereocenters. The third-order valence-electron chi connectivity index (χ3n) is 4.20. The SMILES string of the molecule is CC1CC(NCCCN(C)C(=O)OC(C)(C)C)CC(C)(C)C1. The smallest absolute Gasteiger partial charge is 0.410 e. The summed E-state index contributed by atoms with van der Waals surface area (Å²) >= 11 is 0.